The van der Waals surface area contributed by atoms with E-state index in [0.717, 1.165) is 12.2 Å². The molecule has 4 nitrogen and oxygen atoms in total. The number of oxime groups is 1. The van der Waals surface area contributed by atoms with Crippen molar-refractivity contribution < 1.29 is 5.21 Å². The number of nitrogens with two attached hydrogens (primary N) is 1. The molecule has 0 radical (unpaired) electrons. The van der Waals surface area contributed by atoms with Gasteiger partial charge in [0, 0.05) is 18.2 Å². The molecule has 0 aromatic heterocycles. The van der Waals surface area contributed by atoms with E-state index in [4.69, 9.17) is 22.5 Å². The number of rotatable bonds is 4. The molecule has 1 unspecified atom stereocenters. The molecule has 1 heterocycles. The van der Waals surface area contributed by atoms with Crippen molar-refractivity contribution in [2.75, 3.05) is 11.4 Å². The second-order valence-electron chi connectivity index (χ2n) is 5.28. The van der Waals surface area contributed by atoms with E-state index in [1.165, 1.54) is 32.1 Å². The topological polar surface area (TPSA) is 61.8 Å². The van der Waals surface area contributed by atoms with Crippen LogP contribution in [0.1, 0.15) is 44.6 Å². The van der Waals surface area contributed by atoms with E-state index >= 15 is 0 Å². The fourth-order valence-corrected chi connectivity index (χ4v) is 3.20. The Balaban J connectivity index is 2.27. The minimum absolute atomic E-state index is 0.0854. The summed E-state index contributed by atoms with van der Waals surface area (Å²) >= 11 is 6.40. The maximum atomic E-state index is 8.72. The van der Waals surface area contributed by atoms with Crippen LogP contribution in [0.2, 0.25) is 5.02 Å². The van der Waals surface area contributed by atoms with Gasteiger partial charge in [0.15, 0.2) is 5.84 Å². The Kier molecular flexibility index (Phi) is 5.12. The third-order valence-electron chi connectivity index (χ3n) is 3.91. The Hall–Kier alpha value is -1.42. The number of amidine groups is 1. The highest BCUT2D eigenvalue weighted by molar-refractivity contribution is 6.33. The fraction of sp³-hybridized carbons (Fsp3) is 0.533. The first-order chi connectivity index (χ1) is 9.67. The Morgan fingerprint density at radius 1 is 1.50 bits per heavy atom. The predicted molar refractivity (Wildman–Crippen MR) is 83.9 cm³/mol. The smallest absolute Gasteiger partial charge is 0.170 e. The molecule has 5 heteroatoms. The lowest BCUT2D eigenvalue weighted by molar-refractivity contribution is 0.318. The largest absolute Gasteiger partial charge is 0.409 e. The molecule has 20 heavy (non-hydrogen) atoms. The molecule has 1 aromatic rings. The van der Waals surface area contributed by atoms with Crippen molar-refractivity contribution in [3.8, 4) is 0 Å². The van der Waals surface area contributed by atoms with Gasteiger partial charge in [-0.25, -0.2) is 0 Å². The summed E-state index contributed by atoms with van der Waals surface area (Å²) in [5, 5.41) is 12.4. The Labute approximate surface area is 125 Å². The van der Waals surface area contributed by atoms with E-state index in [-0.39, 0.29) is 5.84 Å². The van der Waals surface area contributed by atoms with Gasteiger partial charge in [-0.05, 0) is 43.9 Å². The van der Waals surface area contributed by atoms with Gasteiger partial charge < -0.3 is 15.8 Å². The first kappa shape index (κ1) is 15.0. The highest BCUT2D eigenvalue weighted by atomic mass is 35.5. The van der Waals surface area contributed by atoms with E-state index in [1.54, 1.807) is 6.07 Å². The van der Waals surface area contributed by atoms with E-state index < -0.39 is 0 Å². The SMILES string of the molecule is CCCC1CCCCN1c1ccc(/C(N)=N/O)cc1Cl. The van der Waals surface area contributed by atoms with Gasteiger partial charge in [-0.2, -0.15) is 0 Å². The summed E-state index contributed by atoms with van der Waals surface area (Å²) in [5.41, 5.74) is 7.29. The first-order valence-electron chi connectivity index (χ1n) is 7.21. The summed E-state index contributed by atoms with van der Waals surface area (Å²) in [6.45, 7) is 3.27. The normalized spacial score (nSPS) is 20.2. The second-order valence-corrected chi connectivity index (χ2v) is 5.69. The standard InChI is InChI=1S/C15H22ClN3O/c1-2-5-12-6-3-4-9-19(12)14-8-7-11(10-13(14)16)15(17)18-20/h7-8,10,12,20H,2-6,9H2,1H3,(H2,17,18). The Morgan fingerprint density at radius 2 is 2.30 bits per heavy atom. The zero-order valence-electron chi connectivity index (χ0n) is 11.8. The van der Waals surface area contributed by atoms with E-state index in [1.807, 2.05) is 12.1 Å². The molecule has 0 spiro atoms. The van der Waals surface area contributed by atoms with Crippen molar-refractivity contribution >= 4 is 23.1 Å². The lowest BCUT2D eigenvalue weighted by atomic mass is 9.97. The minimum Gasteiger partial charge on any atom is -0.409 e. The molecule has 1 atom stereocenters. The lowest BCUT2D eigenvalue weighted by Crippen LogP contribution is -2.39. The van der Waals surface area contributed by atoms with Gasteiger partial charge in [0.05, 0.1) is 10.7 Å². The molecule has 0 saturated carbocycles. The molecule has 3 N–H and O–H groups in total. The summed E-state index contributed by atoms with van der Waals surface area (Å²) in [7, 11) is 0. The summed E-state index contributed by atoms with van der Waals surface area (Å²) in [4.78, 5) is 2.41. The fourth-order valence-electron chi connectivity index (χ4n) is 2.91. The van der Waals surface area contributed by atoms with Gasteiger partial charge in [0.1, 0.15) is 0 Å². The van der Waals surface area contributed by atoms with Crippen molar-refractivity contribution in [2.24, 2.45) is 10.9 Å². The molecule has 110 valence electrons. The van der Waals surface area contributed by atoms with Crippen molar-refractivity contribution in [1.29, 1.82) is 0 Å². The van der Waals surface area contributed by atoms with Crippen LogP contribution in [0.15, 0.2) is 23.4 Å². The van der Waals surface area contributed by atoms with Gasteiger partial charge in [-0.1, -0.05) is 30.1 Å². The zero-order valence-corrected chi connectivity index (χ0v) is 12.6. The van der Waals surface area contributed by atoms with Crippen LogP contribution in [-0.4, -0.2) is 23.6 Å². The van der Waals surface area contributed by atoms with Gasteiger partial charge in [-0.15, -0.1) is 0 Å². The number of anilines is 1. The molecule has 1 aromatic carbocycles. The van der Waals surface area contributed by atoms with Crippen LogP contribution in [0.5, 0.6) is 0 Å². The number of halogens is 1. The van der Waals surface area contributed by atoms with E-state index in [0.29, 0.717) is 16.6 Å². The van der Waals surface area contributed by atoms with Crippen LogP contribution in [0, 0.1) is 0 Å². The van der Waals surface area contributed by atoms with Crippen LogP contribution in [-0.2, 0) is 0 Å². The Morgan fingerprint density at radius 3 is 2.95 bits per heavy atom. The summed E-state index contributed by atoms with van der Waals surface area (Å²) in [5.74, 6) is 0.0854. The lowest BCUT2D eigenvalue weighted by Gasteiger charge is -2.38. The molecule has 1 fully saturated rings. The third kappa shape index (κ3) is 3.18. The minimum atomic E-state index is 0.0854. The Bertz CT molecular complexity index is 488. The van der Waals surface area contributed by atoms with Crippen LogP contribution in [0.3, 0.4) is 0 Å². The average Bonchev–Trinajstić information content (AvgIpc) is 2.47. The highest BCUT2D eigenvalue weighted by Gasteiger charge is 2.23. The molecule has 0 bridgehead atoms. The van der Waals surface area contributed by atoms with E-state index in [9.17, 15) is 0 Å². The molecular formula is C15H22ClN3O. The van der Waals surface area contributed by atoms with Crippen molar-refractivity contribution in [3.05, 3.63) is 28.8 Å². The molecule has 0 aliphatic carbocycles. The van der Waals surface area contributed by atoms with Crippen molar-refractivity contribution in [2.45, 2.75) is 45.1 Å². The monoisotopic (exact) mass is 295 g/mol. The van der Waals surface area contributed by atoms with Crippen LogP contribution < -0.4 is 10.6 Å². The third-order valence-corrected chi connectivity index (χ3v) is 4.21. The van der Waals surface area contributed by atoms with Gasteiger partial charge in [0.2, 0.25) is 0 Å². The quantitative estimate of drug-likeness (QED) is 0.386. The molecule has 1 aliphatic heterocycles. The molecule has 1 aliphatic rings. The van der Waals surface area contributed by atoms with Crippen LogP contribution in [0.4, 0.5) is 5.69 Å². The second kappa shape index (κ2) is 6.84. The molecular weight excluding hydrogens is 274 g/mol. The van der Waals surface area contributed by atoms with Gasteiger partial charge in [0.25, 0.3) is 0 Å². The zero-order chi connectivity index (χ0) is 14.5. The van der Waals surface area contributed by atoms with Crippen LogP contribution >= 0.6 is 11.6 Å². The summed E-state index contributed by atoms with van der Waals surface area (Å²) < 4.78 is 0. The number of hydrogen-bond acceptors (Lipinski definition) is 3. The molecule has 2 rings (SSSR count). The van der Waals surface area contributed by atoms with Gasteiger partial charge in [-0.3, -0.25) is 0 Å². The number of piperidine rings is 1. The summed E-state index contributed by atoms with van der Waals surface area (Å²) in [6.07, 6.45) is 6.10. The maximum absolute atomic E-state index is 8.72. The number of hydrogen-bond donors (Lipinski definition) is 2. The first-order valence-corrected chi connectivity index (χ1v) is 7.59. The average molecular weight is 296 g/mol. The van der Waals surface area contributed by atoms with Crippen LogP contribution in [0.25, 0.3) is 0 Å². The predicted octanol–water partition coefficient (Wildman–Crippen LogP) is 3.59. The highest BCUT2D eigenvalue weighted by Crippen LogP contribution is 2.33. The number of benzene rings is 1. The van der Waals surface area contributed by atoms with Gasteiger partial charge >= 0.3 is 0 Å². The van der Waals surface area contributed by atoms with E-state index in [2.05, 4.69) is 17.0 Å². The summed E-state index contributed by atoms with van der Waals surface area (Å²) in [6, 6.07) is 6.17. The van der Waals surface area contributed by atoms with Crippen molar-refractivity contribution in [1.82, 2.24) is 0 Å². The maximum Gasteiger partial charge on any atom is 0.170 e. The number of nitrogens with zero attached hydrogens (tertiary/aromatic N) is 2. The molecule has 0 amide bonds. The molecule has 1 saturated heterocycles. The van der Waals surface area contributed by atoms with Crippen molar-refractivity contribution in [3.63, 3.8) is 0 Å².